The second-order valence-corrected chi connectivity index (χ2v) is 8.20. The number of carbonyl (C=O) groups is 2. The maximum atomic E-state index is 13.3. The number of thiazole rings is 1. The fourth-order valence-corrected chi connectivity index (χ4v) is 4.91. The number of ether oxygens (including phenoxy) is 2. The van der Waals surface area contributed by atoms with Crippen LogP contribution in [0.5, 0.6) is 11.5 Å². The summed E-state index contributed by atoms with van der Waals surface area (Å²) in [7, 11) is 0. The highest BCUT2D eigenvalue weighted by Gasteiger charge is 2.36. The predicted octanol–water partition coefficient (Wildman–Crippen LogP) is 2.73. The van der Waals surface area contributed by atoms with Crippen molar-refractivity contribution < 1.29 is 19.1 Å². The van der Waals surface area contributed by atoms with Crippen LogP contribution in [0.15, 0.2) is 42.5 Å². The van der Waals surface area contributed by atoms with Gasteiger partial charge in [-0.25, -0.2) is 9.78 Å². The van der Waals surface area contributed by atoms with Gasteiger partial charge in [0.1, 0.15) is 0 Å². The van der Waals surface area contributed by atoms with Gasteiger partial charge in [-0.1, -0.05) is 18.2 Å². The number of nitrogen functional groups attached to an aromatic ring is 1. The maximum absolute atomic E-state index is 13.3. The molecule has 10 heteroatoms. The number of benzene rings is 2. The van der Waals surface area contributed by atoms with E-state index < -0.39 is 11.9 Å². The number of nitrogens with two attached hydrogens (primary N) is 2. The second kappa shape index (κ2) is 7.47. The number of amides is 3. The largest absolute Gasteiger partial charge is 0.454 e. The first kappa shape index (κ1) is 19.2. The molecule has 3 heterocycles. The van der Waals surface area contributed by atoms with Gasteiger partial charge in [0.2, 0.25) is 6.79 Å². The van der Waals surface area contributed by atoms with Crippen LogP contribution in [0.2, 0.25) is 0 Å². The first-order valence-corrected chi connectivity index (χ1v) is 10.4. The lowest BCUT2D eigenvalue weighted by molar-refractivity contribution is 0.0999. The van der Waals surface area contributed by atoms with E-state index in [4.69, 9.17) is 20.9 Å². The predicted molar refractivity (Wildman–Crippen MR) is 115 cm³/mol. The number of rotatable bonds is 3. The molecule has 0 bridgehead atoms. The summed E-state index contributed by atoms with van der Waals surface area (Å²) in [6.45, 7) is 0.564. The molecule has 5 N–H and O–H groups in total. The molecule has 9 nitrogen and oxygen atoms in total. The van der Waals surface area contributed by atoms with Crippen LogP contribution in [-0.2, 0) is 6.42 Å². The van der Waals surface area contributed by atoms with Gasteiger partial charge in [-0.2, -0.15) is 0 Å². The van der Waals surface area contributed by atoms with Gasteiger partial charge in [-0.3, -0.25) is 4.79 Å². The average molecular weight is 437 g/mol. The Morgan fingerprint density at radius 1 is 1.16 bits per heavy atom. The molecular weight excluding hydrogens is 418 g/mol. The Bertz CT molecular complexity index is 1190. The fraction of sp³-hybridized carbons (Fsp3) is 0.190. The van der Waals surface area contributed by atoms with Gasteiger partial charge in [0.25, 0.3) is 5.91 Å². The third-order valence-electron chi connectivity index (χ3n) is 5.26. The molecule has 0 spiro atoms. The normalized spacial score (nSPS) is 16.6. The van der Waals surface area contributed by atoms with Crippen LogP contribution < -0.4 is 26.3 Å². The monoisotopic (exact) mass is 437 g/mol. The molecule has 2 aliphatic heterocycles. The Kier molecular flexibility index (Phi) is 4.63. The Hall–Kier alpha value is -3.79. The molecule has 0 saturated heterocycles. The summed E-state index contributed by atoms with van der Waals surface area (Å²) < 4.78 is 10.7. The quantitative estimate of drug-likeness (QED) is 0.540. The van der Waals surface area contributed by atoms with Crippen molar-refractivity contribution in [2.75, 3.05) is 24.4 Å². The Labute approximate surface area is 181 Å². The van der Waals surface area contributed by atoms with Crippen LogP contribution in [0.3, 0.4) is 0 Å². The van der Waals surface area contributed by atoms with E-state index in [1.807, 2.05) is 18.2 Å². The van der Waals surface area contributed by atoms with E-state index in [0.717, 1.165) is 16.1 Å². The van der Waals surface area contributed by atoms with E-state index in [1.165, 1.54) is 11.3 Å². The number of nitrogens with one attached hydrogen (secondary N) is 1. The molecule has 0 radical (unpaired) electrons. The van der Waals surface area contributed by atoms with E-state index in [2.05, 4.69) is 10.3 Å². The van der Waals surface area contributed by atoms with Crippen LogP contribution in [-0.4, -0.2) is 35.2 Å². The molecule has 0 saturated carbocycles. The summed E-state index contributed by atoms with van der Waals surface area (Å²) >= 11 is 1.20. The topological polar surface area (TPSA) is 133 Å². The van der Waals surface area contributed by atoms with Crippen LogP contribution in [0, 0.1) is 0 Å². The van der Waals surface area contributed by atoms with Crippen molar-refractivity contribution in [3.05, 3.63) is 63.6 Å². The zero-order valence-electron chi connectivity index (χ0n) is 16.3. The van der Waals surface area contributed by atoms with Gasteiger partial charge in [0.15, 0.2) is 16.5 Å². The standard InChI is InChI=1S/C21H19N5O4S/c22-13-4-2-1-3-12(13)17-18-14(25-20(31-18)19(23)27)7-8-26(17)21(28)24-11-5-6-15-16(9-11)30-10-29-15/h1-6,9,17H,7-8,10,22H2,(H2,23,27)(H,24,28). The Morgan fingerprint density at radius 3 is 2.77 bits per heavy atom. The minimum Gasteiger partial charge on any atom is -0.454 e. The van der Waals surface area contributed by atoms with Crippen molar-refractivity contribution in [1.82, 2.24) is 9.88 Å². The number of para-hydroxylation sites is 1. The number of hydrogen-bond acceptors (Lipinski definition) is 7. The SMILES string of the molecule is NC(=O)c1nc2c(s1)C(c1ccccc1N)N(C(=O)Nc1ccc3c(c1)OCO3)CC2. The number of anilines is 2. The zero-order valence-corrected chi connectivity index (χ0v) is 17.1. The zero-order chi connectivity index (χ0) is 21.5. The number of primary amides is 1. The molecule has 158 valence electrons. The molecule has 0 fully saturated rings. The summed E-state index contributed by atoms with van der Waals surface area (Å²) in [4.78, 5) is 31.9. The molecule has 5 rings (SSSR count). The van der Waals surface area contributed by atoms with Crippen molar-refractivity contribution in [2.24, 2.45) is 5.73 Å². The first-order chi connectivity index (χ1) is 15.0. The molecule has 1 unspecified atom stereocenters. The number of aromatic nitrogens is 1. The number of hydrogen-bond donors (Lipinski definition) is 3. The number of carbonyl (C=O) groups excluding carboxylic acids is 2. The van der Waals surface area contributed by atoms with E-state index in [0.29, 0.717) is 35.8 Å². The van der Waals surface area contributed by atoms with Crippen LogP contribution >= 0.6 is 11.3 Å². The molecule has 3 aromatic rings. The summed E-state index contributed by atoms with van der Waals surface area (Å²) in [5.41, 5.74) is 14.4. The first-order valence-electron chi connectivity index (χ1n) is 9.62. The lowest BCUT2D eigenvalue weighted by Gasteiger charge is -2.35. The summed E-state index contributed by atoms with van der Waals surface area (Å²) in [5, 5.41) is 3.15. The molecule has 1 aromatic heterocycles. The molecule has 31 heavy (non-hydrogen) atoms. The Balaban J connectivity index is 1.51. The maximum Gasteiger partial charge on any atom is 0.322 e. The lowest BCUT2D eigenvalue weighted by atomic mass is 9.96. The molecule has 1 atom stereocenters. The molecule has 0 aliphatic carbocycles. The second-order valence-electron chi connectivity index (χ2n) is 7.17. The van der Waals surface area contributed by atoms with Crippen molar-refractivity contribution in [1.29, 1.82) is 0 Å². The number of urea groups is 1. The molecule has 3 amide bonds. The van der Waals surface area contributed by atoms with Gasteiger partial charge in [0.05, 0.1) is 16.6 Å². The van der Waals surface area contributed by atoms with Crippen LogP contribution in [0.25, 0.3) is 0 Å². The third-order valence-corrected chi connectivity index (χ3v) is 6.43. The van der Waals surface area contributed by atoms with Crippen LogP contribution in [0.4, 0.5) is 16.2 Å². The highest BCUT2D eigenvalue weighted by molar-refractivity contribution is 7.13. The minimum absolute atomic E-state index is 0.157. The third kappa shape index (κ3) is 3.40. The van der Waals surface area contributed by atoms with E-state index in [1.54, 1.807) is 29.2 Å². The Morgan fingerprint density at radius 2 is 1.97 bits per heavy atom. The van der Waals surface area contributed by atoms with E-state index >= 15 is 0 Å². The average Bonchev–Trinajstić information content (AvgIpc) is 3.40. The highest BCUT2D eigenvalue weighted by atomic mass is 32.1. The smallest absolute Gasteiger partial charge is 0.322 e. The van der Waals surface area contributed by atoms with Gasteiger partial charge < -0.3 is 31.2 Å². The fourth-order valence-electron chi connectivity index (χ4n) is 3.82. The van der Waals surface area contributed by atoms with Gasteiger partial charge >= 0.3 is 6.03 Å². The van der Waals surface area contributed by atoms with Gasteiger partial charge in [-0.15, -0.1) is 11.3 Å². The van der Waals surface area contributed by atoms with E-state index in [-0.39, 0.29) is 17.8 Å². The summed E-state index contributed by atoms with van der Waals surface area (Å²) in [5.74, 6) is 0.630. The molecule has 2 aromatic carbocycles. The highest BCUT2D eigenvalue weighted by Crippen LogP contribution is 2.41. The van der Waals surface area contributed by atoms with Crippen molar-refractivity contribution >= 4 is 34.6 Å². The van der Waals surface area contributed by atoms with Gasteiger partial charge in [-0.05, 0) is 18.2 Å². The molecular formula is C21H19N5O4S. The van der Waals surface area contributed by atoms with Crippen molar-refractivity contribution in [2.45, 2.75) is 12.5 Å². The number of fused-ring (bicyclic) bond motifs is 2. The van der Waals surface area contributed by atoms with Crippen molar-refractivity contribution in [3.8, 4) is 11.5 Å². The van der Waals surface area contributed by atoms with Crippen LogP contribution in [0.1, 0.15) is 32.0 Å². The summed E-state index contributed by atoms with van der Waals surface area (Å²) in [6.07, 6.45) is 0.511. The number of nitrogens with zero attached hydrogens (tertiary/aromatic N) is 2. The van der Waals surface area contributed by atoms with E-state index in [9.17, 15) is 9.59 Å². The minimum atomic E-state index is -0.587. The summed E-state index contributed by atoms with van der Waals surface area (Å²) in [6, 6.07) is 11.8. The molecule has 2 aliphatic rings. The van der Waals surface area contributed by atoms with Gasteiger partial charge in [0, 0.05) is 36.0 Å². The van der Waals surface area contributed by atoms with Crippen molar-refractivity contribution in [3.63, 3.8) is 0 Å². The lowest BCUT2D eigenvalue weighted by Crippen LogP contribution is -2.42.